The number of fused-ring (bicyclic) bond motifs is 3. The Morgan fingerprint density at radius 3 is 2.80 bits per heavy atom. The molecule has 4 unspecified atom stereocenters. The van der Waals surface area contributed by atoms with Crippen molar-refractivity contribution in [3.8, 4) is 5.75 Å². The first-order valence-electron chi connectivity index (χ1n) is 8.54. The van der Waals surface area contributed by atoms with Crippen LogP contribution in [0.5, 0.6) is 5.75 Å². The first-order valence-corrected chi connectivity index (χ1v) is 9.35. The number of benzene rings is 1. The fourth-order valence-electron chi connectivity index (χ4n) is 4.60. The van der Waals surface area contributed by atoms with Crippen molar-refractivity contribution in [3.05, 3.63) is 22.7 Å². The summed E-state index contributed by atoms with van der Waals surface area (Å²) in [7, 11) is 1.55. The number of methoxy groups -OCH3 is 1. The highest BCUT2D eigenvalue weighted by Gasteiger charge is 2.50. The zero-order valence-corrected chi connectivity index (χ0v) is 15.1. The fraction of sp³-hybridized carbons (Fsp3) is 0.500. The lowest BCUT2D eigenvalue weighted by Crippen LogP contribution is -2.48. The van der Waals surface area contributed by atoms with Crippen molar-refractivity contribution in [1.82, 2.24) is 10.3 Å². The molecule has 2 amide bonds. The molecule has 3 N–H and O–H groups in total. The number of rotatable bonds is 4. The number of nitrogens with one attached hydrogen (secondary N) is 1. The molecule has 7 heteroatoms. The van der Waals surface area contributed by atoms with Gasteiger partial charge in [0, 0.05) is 6.04 Å². The number of primary amides is 1. The first-order chi connectivity index (χ1) is 12.0. The van der Waals surface area contributed by atoms with E-state index in [0.29, 0.717) is 23.1 Å². The minimum Gasteiger partial charge on any atom is -0.496 e. The van der Waals surface area contributed by atoms with Gasteiger partial charge in [0.25, 0.3) is 5.91 Å². The fourth-order valence-corrected chi connectivity index (χ4v) is 5.56. The van der Waals surface area contributed by atoms with E-state index in [-0.39, 0.29) is 23.8 Å². The highest BCUT2D eigenvalue weighted by molar-refractivity contribution is 7.19. The van der Waals surface area contributed by atoms with Crippen molar-refractivity contribution in [2.75, 3.05) is 7.11 Å². The van der Waals surface area contributed by atoms with Crippen molar-refractivity contribution in [1.29, 1.82) is 0 Å². The lowest BCUT2D eigenvalue weighted by Gasteiger charge is -2.29. The summed E-state index contributed by atoms with van der Waals surface area (Å²) in [5, 5.41) is 3.99. The lowest BCUT2D eigenvalue weighted by atomic mass is 9.84. The van der Waals surface area contributed by atoms with Crippen LogP contribution in [0.2, 0.25) is 0 Å². The molecule has 0 radical (unpaired) electrons. The molecule has 6 nitrogen and oxygen atoms in total. The van der Waals surface area contributed by atoms with Crippen LogP contribution in [0.15, 0.2) is 12.1 Å². The Morgan fingerprint density at radius 2 is 2.08 bits per heavy atom. The zero-order valence-electron chi connectivity index (χ0n) is 14.2. The molecule has 2 bridgehead atoms. The molecule has 2 fully saturated rings. The van der Waals surface area contributed by atoms with Crippen LogP contribution in [0.4, 0.5) is 0 Å². The first kappa shape index (κ1) is 16.3. The predicted octanol–water partition coefficient (Wildman–Crippen LogP) is 2.24. The molecule has 25 heavy (non-hydrogen) atoms. The third kappa shape index (κ3) is 2.57. The van der Waals surface area contributed by atoms with Gasteiger partial charge in [-0.05, 0) is 50.2 Å². The summed E-state index contributed by atoms with van der Waals surface area (Å²) in [6, 6.07) is 3.44. The molecule has 1 aromatic heterocycles. The summed E-state index contributed by atoms with van der Waals surface area (Å²) < 4.78 is 6.22. The van der Waals surface area contributed by atoms with Crippen LogP contribution >= 0.6 is 11.3 Å². The molecule has 2 aromatic rings. The number of amides is 2. The molecular formula is C18H21N3O3S. The topological polar surface area (TPSA) is 94.3 Å². The van der Waals surface area contributed by atoms with Crippen molar-refractivity contribution in [2.45, 2.75) is 32.2 Å². The Morgan fingerprint density at radius 1 is 1.32 bits per heavy atom. The van der Waals surface area contributed by atoms with Crippen molar-refractivity contribution in [2.24, 2.45) is 23.5 Å². The number of aromatic nitrogens is 1. The van der Waals surface area contributed by atoms with Gasteiger partial charge in [-0.2, -0.15) is 0 Å². The Bertz CT molecular complexity index is 863. The molecule has 2 aliphatic rings. The molecule has 0 aliphatic heterocycles. The van der Waals surface area contributed by atoms with E-state index in [4.69, 9.17) is 10.5 Å². The summed E-state index contributed by atoms with van der Waals surface area (Å²) >= 11 is 1.47. The number of nitrogens with two attached hydrogens (primary N) is 1. The van der Waals surface area contributed by atoms with E-state index in [1.165, 1.54) is 11.3 Å². The molecule has 0 saturated heterocycles. The molecule has 132 valence electrons. The van der Waals surface area contributed by atoms with Gasteiger partial charge in [0.15, 0.2) is 0 Å². The van der Waals surface area contributed by atoms with Gasteiger partial charge >= 0.3 is 0 Å². The third-order valence-electron chi connectivity index (χ3n) is 5.62. The maximum Gasteiger partial charge on any atom is 0.256 e. The van der Waals surface area contributed by atoms with Gasteiger partial charge in [-0.15, -0.1) is 11.3 Å². The summed E-state index contributed by atoms with van der Waals surface area (Å²) in [6.07, 6.45) is 3.04. The molecule has 1 heterocycles. The second kappa shape index (κ2) is 5.98. The Labute approximate surface area is 149 Å². The molecule has 2 aliphatic carbocycles. The van der Waals surface area contributed by atoms with Gasteiger partial charge in [-0.3, -0.25) is 9.59 Å². The monoisotopic (exact) mass is 359 g/mol. The van der Waals surface area contributed by atoms with E-state index in [2.05, 4.69) is 10.3 Å². The molecule has 0 spiro atoms. The maximum atomic E-state index is 13.1. The van der Waals surface area contributed by atoms with Gasteiger partial charge < -0.3 is 15.8 Å². The minimum atomic E-state index is -0.309. The smallest absolute Gasteiger partial charge is 0.256 e. The maximum absolute atomic E-state index is 13.1. The highest BCUT2D eigenvalue weighted by atomic mass is 32.1. The second-order valence-electron chi connectivity index (χ2n) is 6.98. The average molecular weight is 359 g/mol. The molecule has 4 atom stereocenters. The molecule has 2 saturated carbocycles. The standard InChI is InChI=1S/C18H21N3O3S/c1-8-20-11-5-6-12(24-2)14(16(11)25-8)18(23)21-15-10-4-3-9(7-10)13(15)17(19)22/h5-6,9-10,13,15H,3-4,7H2,1-2H3,(H2,19,22)(H,21,23). The van der Waals surface area contributed by atoms with Crippen LogP contribution < -0.4 is 15.8 Å². The number of hydrogen-bond acceptors (Lipinski definition) is 5. The third-order valence-corrected chi connectivity index (χ3v) is 6.62. The highest BCUT2D eigenvalue weighted by Crippen LogP contribution is 2.48. The molecule has 4 rings (SSSR count). The molecular weight excluding hydrogens is 338 g/mol. The average Bonchev–Trinajstić information content (AvgIpc) is 3.26. The van der Waals surface area contributed by atoms with Gasteiger partial charge in [0.05, 0.1) is 28.3 Å². The van der Waals surface area contributed by atoms with Crippen LogP contribution in [0.1, 0.15) is 34.6 Å². The van der Waals surface area contributed by atoms with Gasteiger partial charge in [-0.1, -0.05) is 0 Å². The Hall–Kier alpha value is -2.15. The largest absolute Gasteiger partial charge is 0.496 e. The minimum absolute atomic E-state index is 0.183. The Balaban J connectivity index is 1.69. The number of nitrogens with zero attached hydrogens (tertiary/aromatic N) is 1. The van der Waals surface area contributed by atoms with Gasteiger partial charge in [0.2, 0.25) is 5.91 Å². The SMILES string of the molecule is COc1ccc2nc(C)sc2c1C(=O)NC1C2CCC(C2)C1C(N)=O. The predicted molar refractivity (Wildman–Crippen MR) is 95.7 cm³/mol. The van der Waals surface area contributed by atoms with Crippen LogP contribution in [-0.4, -0.2) is 29.9 Å². The van der Waals surface area contributed by atoms with Crippen LogP contribution in [0.25, 0.3) is 10.2 Å². The van der Waals surface area contributed by atoms with E-state index >= 15 is 0 Å². The van der Waals surface area contributed by atoms with E-state index < -0.39 is 0 Å². The van der Waals surface area contributed by atoms with E-state index in [9.17, 15) is 9.59 Å². The molecule has 1 aromatic carbocycles. The van der Waals surface area contributed by atoms with E-state index in [0.717, 1.165) is 34.5 Å². The van der Waals surface area contributed by atoms with E-state index in [1.807, 2.05) is 13.0 Å². The van der Waals surface area contributed by atoms with Crippen molar-refractivity contribution >= 4 is 33.4 Å². The number of thiazole rings is 1. The van der Waals surface area contributed by atoms with Gasteiger partial charge in [-0.25, -0.2) is 4.98 Å². The number of hydrogen-bond donors (Lipinski definition) is 2. The lowest BCUT2D eigenvalue weighted by molar-refractivity contribution is -0.124. The van der Waals surface area contributed by atoms with Crippen molar-refractivity contribution in [3.63, 3.8) is 0 Å². The second-order valence-corrected chi connectivity index (χ2v) is 8.19. The Kier molecular flexibility index (Phi) is 3.91. The summed E-state index contributed by atoms with van der Waals surface area (Å²) in [4.78, 5) is 29.4. The van der Waals surface area contributed by atoms with Crippen LogP contribution in [0.3, 0.4) is 0 Å². The van der Waals surface area contributed by atoms with Crippen molar-refractivity contribution < 1.29 is 14.3 Å². The number of aryl methyl sites for hydroxylation is 1. The number of carbonyl (C=O) groups excluding carboxylic acids is 2. The van der Waals surface area contributed by atoms with E-state index in [1.54, 1.807) is 13.2 Å². The summed E-state index contributed by atoms with van der Waals surface area (Å²) in [5.74, 6) is 0.366. The number of ether oxygens (including phenoxy) is 1. The zero-order chi connectivity index (χ0) is 17.7. The normalized spacial score (nSPS) is 27.6. The summed E-state index contributed by atoms with van der Waals surface area (Å²) in [6.45, 7) is 1.91. The van der Waals surface area contributed by atoms with Gasteiger partial charge in [0.1, 0.15) is 11.3 Å². The summed E-state index contributed by atoms with van der Waals surface area (Å²) in [5.41, 5.74) is 6.90. The van der Waals surface area contributed by atoms with Crippen LogP contribution in [-0.2, 0) is 4.79 Å². The number of carbonyl (C=O) groups is 2. The quantitative estimate of drug-likeness (QED) is 0.875. The van der Waals surface area contributed by atoms with Crippen LogP contribution in [0, 0.1) is 24.7 Å².